The molecule has 0 aromatic carbocycles. The van der Waals surface area contributed by atoms with Crippen molar-refractivity contribution in [1.82, 2.24) is 0 Å². The molecule has 0 amide bonds. The third-order valence-corrected chi connectivity index (χ3v) is 9.56. The Balaban J connectivity index is 4.44. The van der Waals surface area contributed by atoms with Crippen LogP contribution in [0.25, 0.3) is 0 Å². The number of allylic oxidation sites excluding steroid dienone is 6. The molecule has 0 saturated carbocycles. The zero-order valence-electron chi connectivity index (χ0n) is 33.1. The second-order valence-corrected chi connectivity index (χ2v) is 15.2. The Morgan fingerprint density at radius 2 is 1.00 bits per heavy atom. The molecule has 1 unspecified atom stereocenters. The number of nitrogens with two attached hydrogens (primary N) is 1. The SMILES string of the molecule is CCCCC/C=C/C/C=C/CCCCCCCC(=O)O[C@H](COC(=O)CCCCCCC/C=C/CCCCCCC)COP(=O)(O)OC[C@H](N)C(=O)O. The van der Waals surface area contributed by atoms with Crippen LogP contribution in [0.2, 0.25) is 0 Å². The Morgan fingerprint density at radius 1 is 0.585 bits per heavy atom. The fourth-order valence-corrected chi connectivity index (χ4v) is 6.10. The summed E-state index contributed by atoms with van der Waals surface area (Å²) in [4.78, 5) is 45.8. The maximum absolute atomic E-state index is 12.6. The van der Waals surface area contributed by atoms with E-state index in [1.165, 1.54) is 51.4 Å². The standard InChI is InChI=1S/C41H74NO10P/c1-3-5-7-9-11-13-15-17-19-21-23-25-27-29-31-33-40(44)52-37(35-50-53(47,48)51-36-38(42)41(45)46)34-49-39(43)32-30-28-26-24-22-20-18-16-14-12-10-8-6-4-2/h11,13,16-19,37-38H,3-10,12,14-15,20-36,42H2,1-2H3,(H,45,46)(H,47,48)/b13-11+,18-16+,19-17+/t37-,38+/m1/s1. The number of unbranched alkanes of at least 4 members (excludes halogenated alkanes) is 18. The predicted octanol–water partition coefficient (Wildman–Crippen LogP) is 10.4. The average molecular weight is 772 g/mol. The Hall–Kier alpha value is -2.30. The van der Waals surface area contributed by atoms with Crippen LogP contribution in [0, 0.1) is 0 Å². The number of phosphoric acid groups is 1. The summed E-state index contributed by atoms with van der Waals surface area (Å²) >= 11 is 0. The number of carbonyl (C=O) groups excluding carboxylic acids is 2. The molecule has 0 spiro atoms. The topological polar surface area (TPSA) is 172 Å². The van der Waals surface area contributed by atoms with Crippen LogP contribution in [-0.4, -0.2) is 59.9 Å². The average Bonchev–Trinajstić information content (AvgIpc) is 3.13. The van der Waals surface area contributed by atoms with E-state index < -0.39 is 51.1 Å². The number of carbonyl (C=O) groups is 3. The van der Waals surface area contributed by atoms with Gasteiger partial charge in [0.25, 0.3) is 0 Å². The Morgan fingerprint density at radius 3 is 1.53 bits per heavy atom. The summed E-state index contributed by atoms with van der Waals surface area (Å²) in [6.45, 7) is 2.73. The van der Waals surface area contributed by atoms with E-state index in [0.717, 1.165) is 83.5 Å². The van der Waals surface area contributed by atoms with Gasteiger partial charge in [-0.3, -0.25) is 23.4 Å². The first-order valence-corrected chi connectivity index (χ1v) is 22.0. The van der Waals surface area contributed by atoms with Crippen LogP contribution in [0.4, 0.5) is 0 Å². The van der Waals surface area contributed by atoms with Gasteiger partial charge >= 0.3 is 25.7 Å². The second kappa shape index (κ2) is 36.7. The zero-order valence-corrected chi connectivity index (χ0v) is 34.0. The molecule has 0 heterocycles. The van der Waals surface area contributed by atoms with Crippen molar-refractivity contribution in [3.8, 4) is 0 Å². The second-order valence-electron chi connectivity index (χ2n) is 13.8. The van der Waals surface area contributed by atoms with Gasteiger partial charge in [-0.1, -0.05) is 127 Å². The van der Waals surface area contributed by atoms with E-state index in [1.807, 2.05) is 0 Å². The molecule has 0 rings (SSSR count). The Bertz CT molecular complexity index is 1050. The third-order valence-electron chi connectivity index (χ3n) is 8.61. The molecule has 4 N–H and O–H groups in total. The molecule has 3 atom stereocenters. The van der Waals surface area contributed by atoms with E-state index in [1.54, 1.807) is 0 Å². The van der Waals surface area contributed by atoms with Crippen molar-refractivity contribution < 1.29 is 47.5 Å². The van der Waals surface area contributed by atoms with Gasteiger partial charge in [0.2, 0.25) is 0 Å². The molecular weight excluding hydrogens is 697 g/mol. The fourth-order valence-electron chi connectivity index (χ4n) is 5.32. The Kier molecular flexibility index (Phi) is 35.1. The monoisotopic (exact) mass is 772 g/mol. The lowest BCUT2D eigenvalue weighted by atomic mass is 10.1. The highest BCUT2D eigenvalue weighted by atomic mass is 31.2. The fraction of sp³-hybridized carbons (Fsp3) is 0.780. The minimum atomic E-state index is -4.72. The number of aliphatic carboxylic acids is 1. The molecule has 0 aliphatic carbocycles. The highest BCUT2D eigenvalue weighted by molar-refractivity contribution is 7.47. The quantitative estimate of drug-likeness (QED) is 0.0236. The number of hydrogen-bond acceptors (Lipinski definition) is 9. The Labute approximate surface area is 321 Å². The lowest BCUT2D eigenvalue weighted by Gasteiger charge is -2.20. The van der Waals surface area contributed by atoms with Gasteiger partial charge < -0.3 is 25.2 Å². The van der Waals surface area contributed by atoms with Crippen LogP contribution in [0.1, 0.15) is 174 Å². The minimum absolute atomic E-state index is 0.143. The number of hydrogen-bond donors (Lipinski definition) is 3. The first-order chi connectivity index (χ1) is 25.6. The highest BCUT2D eigenvalue weighted by Crippen LogP contribution is 2.43. The number of carboxylic acids is 1. The van der Waals surface area contributed by atoms with Crippen molar-refractivity contribution >= 4 is 25.7 Å². The summed E-state index contributed by atoms with van der Waals surface area (Å²) in [6, 6.07) is -1.52. The van der Waals surface area contributed by atoms with Crippen molar-refractivity contribution in [3.05, 3.63) is 36.5 Å². The van der Waals surface area contributed by atoms with E-state index in [0.29, 0.717) is 12.8 Å². The molecule has 53 heavy (non-hydrogen) atoms. The van der Waals surface area contributed by atoms with Gasteiger partial charge in [-0.25, -0.2) is 4.57 Å². The lowest BCUT2D eigenvalue weighted by molar-refractivity contribution is -0.161. The highest BCUT2D eigenvalue weighted by Gasteiger charge is 2.28. The van der Waals surface area contributed by atoms with Gasteiger partial charge in [0, 0.05) is 12.8 Å². The summed E-state index contributed by atoms with van der Waals surface area (Å²) in [5, 5.41) is 8.87. The van der Waals surface area contributed by atoms with Gasteiger partial charge in [-0.05, 0) is 70.6 Å². The molecule has 0 aromatic heterocycles. The van der Waals surface area contributed by atoms with E-state index in [9.17, 15) is 23.8 Å². The number of phosphoric ester groups is 1. The molecule has 0 aliphatic rings. The van der Waals surface area contributed by atoms with Crippen molar-refractivity contribution in [3.63, 3.8) is 0 Å². The van der Waals surface area contributed by atoms with Crippen molar-refractivity contribution in [2.24, 2.45) is 5.73 Å². The molecular formula is C41H74NO10P. The summed E-state index contributed by atoms with van der Waals surface area (Å²) < 4.78 is 32.6. The van der Waals surface area contributed by atoms with Crippen LogP contribution in [0.5, 0.6) is 0 Å². The van der Waals surface area contributed by atoms with E-state index in [4.69, 9.17) is 24.8 Å². The first kappa shape index (κ1) is 50.7. The van der Waals surface area contributed by atoms with Gasteiger partial charge in [-0.2, -0.15) is 0 Å². The molecule has 0 saturated heterocycles. The number of rotatable bonds is 38. The van der Waals surface area contributed by atoms with Gasteiger partial charge in [0.05, 0.1) is 13.2 Å². The molecule has 0 aromatic rings. The van der Waals surface area contributed by atoms with Crippen LogP contribution in [0.15, 0.2) is 36.5 Å². The summed E-state index contributed by atoms with van der Waals surface area (Å²) in [6.07, 6.45) is 37.8. The van der Waals surface area contributed by atoms with Crippen LogP contribution in [-0.2, 0) is 37.5 Å². The lowest BCUT2D eigenvalue weighted by Crippen LogP contribution is -2.34. The number of carboxylic acid groups (broad SMARTS) is 1. The van der Waals surface area contributed by atoms with Crippen molar-refractivity contribution in [2.45, 2.75) is 187 Å². The molecule has 11 nitrogen and oxygen atoms in total. The molecule has 0 aliphatic heterocycles. The third kappa shape index (κ3) is 36.4. The number of esters is 2. The molecule has 12 heteroatoms. The number of ether oxygens (including phenoxy) is 2. The van der Waals surface area contributed by atoms with Crippen LogP contribution >= 0.6 is 7.82 Å². The molecule has 0 fully saturated rings. The normalized spacial score (nSPS) is 14.2. The van der Waals surface area contributed by atoms with Crippen molar-refractivity contribution in [1.29, 1.82) is 0 Å². The van der Waals surface area contributed by atoms with Gasteiger partial charge in [-0.15, -0.1) is 0 Å². The smallest absolute Gasteiger partial charge is 0.472 e. The molecule has 308 valence electrons. The van der Waals surface area contributed by atoms with Crippen LogP contribution < -0.4 is 5.73 Å². The first-order valence-electron chi connectivity index (χ1n) is 20.5. The van der Waals surface area contributed by atoms with Crippen molar-refractivity contribution in [2.75, 3.05) is 19.8 Å². The predicted molar refractivity (Wildman–Crippen MR) is 212 cm³/mol. The minimum Gasteiger partial charge on any atom is -0.480 e. The van der Waals surface area contributed by atoms with Crippen LogP contribution in [0.3, 0.4) is 0 Å². The van der Waals surface area contributed by atoms with E-state index in [2.05, 4.69) is 54.8 Å². The maximum atomic E-state index is 12.6. The van der Waals surface area contributed by atoms with Gasteiger partial charge in [0.15, 0.2) is 6.10 Å². The molecule has 0 bridgehead atoms. The summed E-state index contributed by atoms with van der Waals surface area (Å²) in [5.74, 6) is -2.41. The summed E-state index contributed by atoms with van der Waals surface area (Å²) in [7, 11) is -4.72. The zero-order chi connectivity index (χ0) is 39.3. The van der Waals surface area contributed by atoms with E-state index in [-0.39, 0.29) is 19.4 Å². The molecule has 0 radical (unpaired) electrons. The van der Waals surface area contributed by atoms with E-state index >= 15 is 0 Å². The summed E-state index contributed by atoms with van der Waals surface area (Å²) in [5.41, 5.74) is 5.32. The van der Waals surface area contributed by atoms with Gasteiger partial charge in [0.1, 0.15) is 12.6 Å². The largest absolute Gasteiger partial charge is 0.480 e. The maximum Gasteiger partial charge on any atom is 0.472 e.